The van der Waals surface area contributed by atoms with Crippen molar-refractivity contribution in [2.45, 2.75) is 56.9 Å². The first-order valence-electron chi connectivity index (χ1n) is 12.9. The van der Waals surface area contributed by atoms with Crippen LogP contribution >= 0.6 is 11.6 Å². The molecule has 3 aliphatic heterocycles. The SMILES string of the molecule is C=CCN(CCC)C(=O)[C@@H]1[C@@H]2CCC3(O2)C(C(=O)N(CC=C)c2ccc(Cl)cc2)N([C@H](C)CO)C(=O)[C@H]13. The first kappa shape index (κ1) is 27.4. The molecule has 3 fully saturated rings. The maximum absolute atomic E-state index is 14.3. The number of nitrogens with zero attached hydrogens (tertiary/aromatic N) is 3. The molecule has 9 heteroatoms. The summed E-state index contributed by atoms with van der Waals surface area (Å²) in [7, 11) is 0. The van der Waals surface area contributed by atoms with E-state index in [0.717, 1.165) is 6.42 Å². The lowest BCUT2D eigenvalue weighted by molar-refractivity contribution is -0.147. The van der Waals surface area contributed by atoms with Gasteiger partial charge in [0.25, 0.3) is 5.91 Å². The van der Waals surface area contributed by atoms with Crippen LogP contribution in [-0.4, -0.2) is 82.7 Å². The molecule has 2 unspecified atom stereocenters. The van der Waals surface area contributed by atoms with Crippen LogP contribution in [0.2, 0.25) is 5.02 Å². The Kier molecular flexibility index (Phi) is 8.11. The average Bonchev–Trinajstić information content (AvgIpc) is 3.54. The van der Waals surface area contributed by atoms with Crippen molar-refractivity contribution in [3.63, 3.8) is 0 Å². The third-order valence-corrected chi connectivity index (χ3v) is 8.12. The lowest BCUT2D eigenvalue weighted by Gasteiger charge is -2.38. The molecule has 3 saturated heterocycles. The summed E-state index contributed by atoms with van der Waals surface area (Å²) in [5, 5.41) is 10.6. The van der Waals surface area contributed by atoms with E-state index in [0.29, 0.717) is 36.6 Å². The van der Waals surface area contributed by atoms with E-state index in [-0.39, 0.29) is 30.9 Å². The Morgan fingerprint density at radius 3 is 2.51 bits per heavy atom. The summed E-state index contributed by atoms with van der Waals surface area (Å²) in [6, 6.07) is 5.27. The van der Waals surface area contributed by atoms with Gasteiger partial charge in [0.1, 0.15) is 11.6 Å². The van der Waals surface area contributed by atoms with Gasteiger partial charge in [0.15, 0.2) is 0 Å². The van der Waals surface area contributed by atoms with Gasteiger partial charge in [0.2, 0.25) is 11.8 Å². The fourth-order valence-corrected chi connectivity index (χ4v) is 6.49. The number of aliphatic hydroxyl groups is 1. The lowest BCUT2D eigenvalue weighted by atomic mass is 9.70. The second-order valence-corrected chi connectivity index (χ2v) is 10.6. The maximum atomic E-state index is 14.3. The zero-order valence-electron chi connectivity index (χ0n) is 21.5. The van der Waals surface area contributed by atoms with Gasteiger partial charge in [-0.3, -0.25) is 14.4 Å². The summed E-state index contributed by atoms with van der Waals surface area (Å²) < 4.78 is 6.52. The predicted molar refractivity (Wildman–Crippen MR) is 142 cm³/mol. The number of carbonyl (C=O) groups is 3. The Bertz CT molecular complexity index is 1060. The molecule has 8 nitrogen and oxygen atoms in total. The van der Waals surface area contributed by atoms with Gasteiger partial charge in [-0.2, -0.15) is 0 Å². The summed E-state index contributed by atoms with van der Waals surface area (Å²) in [6.07, 6.45) is 4.71. The number of amides is 3. The van der Waals surface area contributed by atoms with Crippen LogP contribution < -0.4 is 4.90 Å². The molecular weight excluding hydrogens is 494 g/mol. The minimum atomic E-state index is -1.14. The van der Waals surface area contributed by atoms with E-state index in [9.17, 15) is 19.5 Å². The molecule has 6 atom stereocenters. The first-order valence-corrected chi connectivity index (χ1v) is 13.3. The Morgan fingerprint density at radius 1 is 1.24 bits per heavy atom. The van der Waals surface area contributed by atoms with Crippen molar-refractivity contribution in [1.29, 1.82) is 0 Å². The smallest absolute Gasteiger partial charge is 0.253 e. The number of hydrogen-bond donors (Lipinski definition) is 1. The van der Waals surface area contributed by atoms with E-state index in [1.807, 2.05) is 6.92 Å². The molecule has 200 valence electrons. The highest BCUT2D eigenvalue weighted by Crippen LogP contribution is 2.59. The zero-order chi connectivity index (χ0) is 26.9. The highest BCUT2D eigenvalue weighted by atomic mass is 35.5. The normalized spacial score (nSPS) is 28.6. The molecule has 0 aromatic heterocycles. The van der Waals surface area contributed by atoms with Crippen LogP contribution in [0, 0.1) is 11.8 Å². The maximum Gasteiger partial charge on any atom is 0.253 e. The Balaban J connectivity index is 1.77. The number of benzene rings is 1. The van der Waals surface area contributed by atoms with Crippen LogP contribution in [0.5, 0.6) is 0 Å². The average molecular weight is 530 g/mol. The van der Waals surface area contributed by atoms with Crippen LogP contribution in [-0.2, 0) is 19.1 Å². The number of anilines is 1. The number of likely N-dealkylation sites (tertiary alicyclic amines) is 1. The van der Waals surface area contributed by atoms with Crippen molar-refractivity contribution in [3.8, 4) is 0 Å². The third kappa shape index (κ3) is 4.49. The molecular formula is C28H36ClN3O5. The fraction of sp³-hybridized carbons (Fsp3) is 0.536. The molecule has 1 aromatic carbocycles. The van der Waals surface area contributed by atoms with Gasteiger partial charge in [-0.05, 0) is 50.5 Å². The van der Waals surface area contributed by atoms with Gasteiger partial charge in [-0.1, -0.05) is 30.7 Å². The highest BCUT2D eigenvalue weighted by Gasteiger charge is 2.75. The summed E-state index contributed by atoms with van der Waals surface area (Å²) in [5.74, 6) is -2.25. The number of aliphatic hydroxyl groups excluding tert-OH is 1. The largest absolute Gasteiger partial charge is 0.394 e. The summed E-state index contributed by atoms with van der Waals surface area (Å²) >= 11 is 6.08. The number of carbonyl (C=O) groups excluding carboxylic acids is 3. The highest BCUT2D eigenvalue weighted by molar-refractivity contribution is 6.30. The number of hydrogen-bond acceptors (Lipinski definition) is 5. The van der Waals surface area contributed by atoms with E-state index >= 15 is 0 Å². The summed E-state index contributed by atoms with van der Waals surface area (Å²) in [6.45, 7) is 12.1. The molecule has 1 spiro atoms. The lowest BCUT2D eigenvalue weighted by Crippen LogP contribution is -2.58. The van der Waals surface area contributed by atoms with E-state index in [1.54, 1.807) is 53.1 Å². The Labute approximate surface area is 223 Å². The third-order valence-electron chi connectivity index (χ3n) is 7.87. The Hall–Kier alpha value is -2.68. The van der Waals surface area contributed by atoms with Crippen LogP contribution in [0.15, 0.2) is 49.6 Å². The van der Waals surface area contributed by atoms with Crippen molar-refractivity contribution in [1.82, 2.24) is 9.80 Å². The second kappa shape index (κ2) is 11.0. The van der Waals surface area contributed by atoms with Crippen LogP contribution in [0.3, 0.4) is 0 Å². The van der Waals surface area contributed by atoms with E-state index in [1.165, 1.54) is 4.90 Å². The van der Waals surface area contributed by atoms with Crippen molar-refractivity contribution in [3.05, 3.63) is 54.6 Å². The van der Waals surface area contributed by atoms with Crippen LogP contribution in [0.4, 0.5) is 5.69 Å². The molecule has 3 aliphatic rings. The molecule has 1 N–H and O–H groups in total. The molecule has 3 heterocycles. The van der Waals surface area contributed by atoms with Crippen molar-refractivity contribution >= 4 is 35.0 Å². The van der Waals surface area contributed by atoms with Gasteiger partial charge in [0.05, 0.1) is 30.6 Å². The van der Waals surface area contributed by atoms with Gasteiger partial charge in [0, 0.05) is 30.3 Å². The summed E-state index contributed by atoms with van der Waals surface area (Å²) in [5.41, 5.74) is -0.529. The number of ether oxygens (including phenoxy) is 1. The summed E-state index contributed by atoms with van der Waals surface area (Å²) in [4.78, 5) is 46.9. The monoisotopic (exact) mass is 529 g/mol. The van der Waals surface area contributed by atoms with Gasteiger partial charge < -0.3 is 24.5 Å². The first-order chi connectivity index (χ1) is 17.7. The van der Waals surface area contributed by atoms with E-state index in [4.69, 9.17) is 16.3 Å². The molecule has 4 rings (SSSR count). The van der Waals surface area contributed by atoms with Gasteiger partial charge in [-0.15, -0.1) is 13.2 Å². The van der Waals surface area contributed by atoms with E-state index < -0.39 is 35.6 Å². The molecule has 3 amide bonds. The van der Waals surface area contributed by atoms with Crippen LogP contribution in [0.1, 0.15) is 33.1 Å². The Morgan fingerprint density at radius 2 is 1.92 bits per heavy atom. The quantitative estimate of drug-likeness (QED) is 0.445. The van der Waals surface area contributed by atoms with Crippen molar-refractivity contribution in [2.75, 3.05) is 31.1 Å². The standard InChI is InChI=1S/C28H36ClN3O5/c1-5-14-30(15-6-2)25(34)22-21-12-13-28(37-21)23(22)26(35)32(18(4)17-33)24(28)27(36)31(16-7-3)20-10-8-19(29)9-11-20/h5,7-11,18,21-24,33H,1,3,6,12-17H2,2,4H3/t18-,21+,22-,23+,24?,28?/m1/s1. The van der Waals surface area contributed by atoms with Gasteiger partial charge >= 0.3 is 0 Å². The number of rotatable bonds is 11. The molecule has 2 bridgehead atoms. The second-order valence-electron chi connectivity index (χ2n) is 10.1. The zero-order valence-corrected chi connectivity index (χ0v) is 22.3. The van der Waals surface area contributed by atoms with Crippen molar-refractivity contribution in [2.24, 2.45) is 11.8 Å². The molecule has 0 saturated carbocycles. The van der Waals surface area contributed by atoms with Gasteiger partial charge in [-0.25, -0.2) is 0 Å². The number of fused-ring (bicyclic) bond motifs is 1. The predicted octanol–water partition coefficient (Wildman–Crippen LogP) is 3.04. The van der Waals surface area contributed by atoms with Crippen LogP contribution in [0.25, 0.3) is 0 Å². The molecule has 0 aliphatic carbocycles. The van der Waals surface area contributed by atoms with Crippen molar-refractivity contribution < 1.29 is 24.2 Å². The fourth-order valence-electron chi connectivity index (χ4n) is 6.36. The minimum Gasteiger partial charge on any atom is -0.394 e. The minimum absolute atomic E-state index is 0.142. The van der Waals surface area contributed by atoms with E-state index in [2.05, 4.69) is 13.2 Å². The molecule has 1 aromatic rings. The number of halogens is 1. The molecule has 37 heavy (non-hydrogen) atoms. The topological polar surface area (TPSA) is 90.4 Å². The molecule has 0 radical (unpaired) electrons.